The zero-order valence-electron chi connectivity index (χ0n) is 17.0. The van der Waals surface area contributed by atoms with Crippen molar-refractivity contribution in [2.24, 2.45) is 0 Å². The molecule has 31 heavy (non-hydrogen) atoms. The number of carbonyl (C=O) groups is 1. The first-order valence-electron chi connectivity index (χ1n) is 9.71. The third-order valence-electron chi connectivity index (χ3n) is 5.23. The smallest absolute Gasteiger partial charge is 0.214 e. The monoisotopic (exact) mass is 412 g/mol. The molecule has 0 aliphatic carbocycles. The van der Waals surface area contributed by atoms with Crippen LogP contribution in [0.4, 0.5) is 5.82 Å². The summed E-state index contributed by atoms with van der Waals surface area (Å²) in [6.07, 6.45) is 3.29. The van der Waals surface area contributed by atoms with Gasteiger partial charge in [0.25, 0.3) is 0 Å². The lowest BCUT2D eigenvalue weighted by molar-refractivity contribution is 0.103. The zero-order chi connectivity index (χ0) is 21.5. The lowest BCUT2D eigenvalue weighted by Crippen LogP contribution is -2.07. The zero-order valence-corrected chi connectivity index (χ0v) is 17.0. The van der Waals surface area contributed by atoms with Crippen molar-refractivity contribution in [1.82, 2.24) is 24.7 Å². The Balaban J connectivity index is 1.45. The van der Waals surface area contributed by atoms with Gasteiger partial charge in [0.05, 0.1) is 41.3 Å². The molecule has 0 bridgehead atoms. The number of benzene rings is 2. The van der Waals surface area contributed by atoms with Crippen LogP contribution in [0.2, 0.25) is 0 Å². The third-order valence-corrected chi connectivity index (χ3v) is 5.23. The molecule has 5 rings (SSSR count). The first-order valence-corrected chi connectivity index (χ1v) is 9.71. The number of nitrogens with one attached hydrogen (secondary N) is 2. The highest BCUT2D eigenvalue weighted by molar-refractivity contribution is 6.11. The van der Waals surface area contributed by atoms with Gasteiger partial charge in [0, 0.05) is 6.20 Å². The molecule has 5 aromatic rings. The molecule has 3 aromatic heterocycles. The minimum atomic E-state index is -0.222. The molecule has 0 fully saturated rings. The number of hydrogen-bond donors (Lipinski definition) is 3. The van der Waals surface area contributed by atoms with Gasteiger partial charge in [-0.15, -0.1) is 0 Å². The number of ether oxygens (including phenoxy) is 1. The highest BCUT2D eigenvalue weighted by Crippen LogP contribution is 2.26. The van der Waals surface area contributed by atoms with Gasteiger partial charge >= 0.3 is 0 Å². The Hall–Kier alpha value is -4.33. The van der Waals surface area contributed by atoms with E-state index in [1.807, 2.05) is 49.4 Å². The van der Waals surface area contributed by atoms with Crippen molar-refractivity contribution < 1.29 is 9.53 Å². The molecule has 0 aliphatic heterocycles. The Kier molecular flexibility index (Phi) is 4.32. The number of aryl methyl sites for hydroxylation is 1. The summed E-state index contributed by atoms with van der Waals surface area (Å²) in [5.74, 6) is 1.66. The number of nitrogens with zero attached hydrogens (tertiary/aromatic N) is 3. The Morgan fingerprint density at radius 3 is 2.68 bits per heavy atom. The minimum absolute atomic E-state index is 0.222. The topological polar surface area (TPSA) is 115 Å². The number of methoxy groups -OCH3 is 1. The average Bonchev–Trinajstić information content (AvgIpc) is 3.50. The fourth-order valence-electron chi connectivity index (χ4n) is 3.61. The predicted molar refractivity (Wildman–Crippen MR) is 119 cm³/mol. The fourth-order valence-corrected chi connectivity index (χ4v) is 3.61. The summed E-state index contributed by atoms with van der Waals surface area (Å²) in [5.41, 5.74) is 11.4. The number of ketones is 1. The number of rotatable bonds is 5. The van der Waals surface area contributed by atoms with Crippen LogP contribution in [0.5, 0.6) is 5.75 Å². The molecule has 0 amide bonds. The van der Waals surface area contributed by atoms with Crippen LogP contribution >= 0.6 is 0 Å². The first-order chi connectivity index (χ1) is 15.0. The van der Waals surface area contributed by atoms with Gasteiger partial charge < -0.3 is 20.4 Å². The maximum atomic E-state index is 13.1. The van der Waals surface area contributed by atoms with Crippen LogP contribution in [0.25, 0.3) is 27.8 Å². The molecular weight excluding hydrogens is 392 g/mol. The average molecular weight is 412 g/mol. The van der Waals surface area contributed by atoms with Crippen molar-refractivity contribution in [3.63, 3.8) is 0 Å². The number of hydrogen-bond acceptors (Lipinski definition) is 5. The number of imidazole rings is 1. The van der Waals surface area contributed by atoms with Gasteiger partial charge in [-0.3, -0.25) is 4.79 Å². The van der Waals surface area contributed by atoms with Crippen molar-refractivity contribution in [1.29, 1.82) is 0 Å². The van der Waals surface area contributed by atoms with Gasteiger partial charge in [-0.25, -0.2) is 9.67 Å². The number of aromatic amines is 2. The van der Waals surface area contributed by atoms with E-state index in [-0.39, 0.29) is 11.6 Å². The molecule has 0 unspecified atom stereocenters. The Bertz CT molecular complexity index is 1410. The van der Waals surface area contributed by atoms with Gasteiger partial charge in [-0.1, -0.05) is 12.1 Å². The van der Waals surface area contributed by atoms with E-state index in [1.54, 1.807) is 24.1 Å². The van der Waals surface area contributed by atoms with Crippen LogP contribution in [-0.4, -0.2) is 37.6 Å². The SMILES string of the molecule is COc1ccc(-c2c[nH]c(C(=O)c3cnn(-c4ccc5[nH]c(C)nc5c4)c3N)c2)cc1. The molecule has 0 aliphatic rings. The maximum Gasteiger partial charge on any atom is 0.214 e. The Morgan fingerprint density at radius 2 is 1.90 bits per heavy atom. The largest absolute Gasteiger partial charge is 0.497 e. The van der Waals surface area contributed by atoms with Crippen LogP contribution in [0, 0.1) is 6.92 Å². The van der Waals surface area contributed by atoms with Crippen LogP contribution in [0.15, 0.2) is 60.9 Å². The van der Waals surface area contributed by atoms with Crippen LogP contribution in [0.3, 0.4) is 0 Å². The molecule has 3 heterocycles. The number of aromatic nitrogens is 5. The standard InChI is InChI=1S/C23H20N6O2/c1-13-27-19-8-5-16(10-20(19)28-13)29-23(24)18(12-26-29)22(30)21-9-15(11-25-21)14-3-6-17(31-2)7-4-14/h3-12,25H,24H2,1-2H3,(H,27,28). The Labute approximate surface area is 177 Å². The molecule has 154 valence electrons. The summed E-state index contributed by atoms with van der Waals surface area (Å²) < 4.78 is 6.74. The lowest BCUT2D eigenvalue weighted by atomic mass is 10.1. The number of H-pyrrole nitrogens is 2. The summed E-state index contributed by atoms with van der Waals surface area (Å²) >= 11 is 0. The molecular formula is C23H20N6O2. The summed E-state index contributed by atoms with van der Waals surface area (Å²) in [7, 11) is 1.63. The summed E-state index contributed by atoms with van der Waals surface area (Å²) in [6, 6.07) is 15.1. The maximum absolute atomic E-state index is 13.1. The van der Waals surface area contributed by atoms with E-state index in [9.17, 15) is 4.79 Å². The second-order valence-corrected chi connectivity index (χ2v) is 7.24. The van der Waals surface area contributed by atoms with Crippen molar-refractivity contribution >= 4 is 22.6 Å². The number of carbonyl (C=O) groups excluding carboxylic acids is 1. The van der Waals surface area contributed by atoms with Gasteiger partial charge in [-0.05, 0) is 54.4 Å². The second kappa shape index (κ2) is 7.17. The molecule has 8 nitrogen and oxygen atoms in total. The van der Waals surface area contributed by atoms with Crippen LogP contribution < -0.4 is 10.5 Å². The van der Waals surface area contributed by atoms with E-state index in [0.717, 1.165) is 39.4 Å². The van der Waals surface area contributed by atoms with Crippen molar-refractivity contribution in [2.45, 2.75) is 6.92 Å². The van der Waals surface area contributed by atoms with E-state index in [2.05, 4.69) is 20.1 Å². The van der Waals surface area contributed by atoms with Crippen LogP contribution in [-0.2, 0) is 0 Å². The highest BCUT2D eigenvalue weighted by atomic mass is 16.5. The normalized spacial score (nSPS) is 11.2. The lowest BCUT2D eigenvalue weighted by Gasteiger charge is -2.05. The summed E-state index contributed by atoms with van der Waals surface area (Å²) in [5, 5.41) is 4.34. The number of nitrogens with two attached hydrogens (primary N) is 1. The van der Waals surface area contributed by atoms with Gasteiger partial charge in [0.1, 0.15) is 17.4 Å². The minimum Gasteiger partial charge on any atom is -0.497 e. The van der Waals surface area contributed by atoms with Gasteiger partial charge in [-0.2, -0.15) is 5.10 Å². The van der Waals surface area contributed by atoms with E-state index < -0.39 is 0 Å². The number of anilines is 1. The number of fused-ring (bicyclic) bond motifs is 1. The molecule has 4 N–H and O–H groups in total. The highest BCUT2D eigenvalue weighted by Gasteiger charge is 2.20. The van der Waals surface area contributed by atoms with E-state index in [0.29, 0.717) is 11.3 Å². The molecule has 0 atom stereocenters. The van der Waals surface area contributed by atoms with E-state index in [1.165, 1.54) is 6.20 Å². The molecule has 0 saturated carbocycles. The Morgan fingerprint density at radius 1 is 1.10 bits per heavy atom. The third kappa shape index (κ3) is 3.24. The van der Waals surface area contributed by atoms with Crippen molar-refractivity contribution in [3.8, 4) is 22.6 Å². The first kappa shape index (κ1) is 18.7. The summed E-state index contributed by atoms with van der Waals surface area (Å²) in [6.45, 7) is 1.90. The second-order valence-electron chi connectivity index (χ2n) is 7.24. The van der Waals surface area contributed by atoms with Gasteiger partial charge in [0.15, 0.2) is 0 Å². The van der Waals surface area contributed by atoms with Crippen molar-refractivity contribution in [3.05, 3.63) is 78.0 Å². The molecule has 2 aromatic carbocycles. The molecule has 0 saturated heterocycles. The molecule has 0 spiro atoms. The van der Waals surface area contributed by atoms with Crippen LogP contribution in [0.1, 0.15) is 21.9 Å². The predicted octanol–water partition coefficient (Wildman–Crippen LogP) is 3.87. The molecule has 8 heteroatoms. The fraction of sp³-hybridized carbons (Fsp3) is 0.0870. The number of nitrogen functional groups attached to an aromatic ring is 1. The van der Waals surface area contributed by atoms with Gasteiger partial charge in [0.2, 0.25) is 5.78 Å². The van der Waals surface area contributed by atoms with Crippen molar-refractivity contribution in [2.75, 3.05) is 12.8 Å². The van der Waals surface area contributed by atoms with E-state index >= 15 is 0 Å². The molecule has 0 radical (unpaired) electrons. The summed E-state index contributed by atoms with van der Waals surface area (Å²) in [4.78, 5) is 23.7. The van der Waals surface area contributed by atoms with E-state index in [4.69, 9.17) is 10.5 Å². The quantitative estimate of drug-likeness (QED) is 0.379.